The number of ether oxygens (including phenoxy) is 2. The maximum atomic E-state index is 13.9. The molecule has 2 heterocycles. The minimum absolute atomic E-state index is 0.00186. The lowest BCUT2D eigenvalue weighted by molar-refractivity contribution is -0.0380. The topological polar surface area (TPSA) is 117 Å². The zero-order valence-corrected chi connectivity index (χ0v) is 23.6. The Kier molecular flexibility index (Phi) is 6.57. The Morgan fingerprint density at radius 1 is 1.15 bits per heavy atom. The quantitative estimate of drug-likeness (QED) is 0.457. The van der Waals surface area contributed by atoms with E-state index in [1.807, 2.05) is 36.6 Å². The van der Waals surface area contributed by atoms with Gasteiger partial charge in [-0.3, -0.25) is 9.36 Å². The monoisotopic (exact) mass is 552 g/mol. The van der Waals surface area contributed by atoms with Crippen molar-refractivity contribution in [1.82, 2.24) is 9.55 Å². The molecule has 1 saturated heterocycles. The number of anilines is 1. The Morgan fingerprint density at radius 2 is 1.87 bits per heavy atom. The molecule has 3 aliphatic carbocycles. The molecule has 4 fully saturated rings. The summed E-state index contributed by atoms with van der Waals surface area (Å²) in [6.45, 7) is 6.97. The van der Waals surface area contributed by atoms with Crippen LogP contribution in [-0.2, 0) is 37.9 Å². The van der Waals surface area contributed by atoms with Crippen LogP contribution in [0.2, 0.25) is 0 Å². The minimum atomic E-state index is -3.78. The summed E-state index contributed by atoms with van der Waals surface area (Å²) in [5.74, 6) is 1.65. The number of benzene rings is 2. The number of hydrogen-bond donors (Lipinski definition) is 1. The molecule has 0 spiro atoms. The standard InChI is InChI=1S/C29H36N4O5S/c1-18-10-23(39(30,35)36)11-19(2)24(18)6-7-33-27(34)25-5-4-21(32-8-9-38-22(16-32)17-37-3)12-26(25)31-28(33)29-13-20(14-29)15-29/h4-5,10-12,20,22H,6-9,13-17H2,1-3H3,(H2,30,35,36)/t20?,22-,29?/m1/s1. The molecule has 1 aromatic heterocycles. The number of primary sulfonamides is 1. The summed E-state index contributed by atoms with van der Waals surface area (Å²) in [6.07, 6.45) is 3.90. The molecular formula is C29H36N4O5S. The van der Waals surface area contributed by atoms with Crippen molar-refractivity contribution in [3.05, 3.63) is 63.2 Å². The van der Waals surface area contributed by atoms with E-state index in [1.54, 1.807) is 19.2 Å². The molecule has 0 unspecified atom stereocenters. The van der Waals surface area contributed by atoms with Gasteiger partial charge in [-0.2, -0.15) is 0 Å². The van der Waals surface area contributed by atoms with E-state index in [0.29, 0.717) is 31.6 Å². The number of aryl methyl sites for hydroxylation is 2. The summed E-state index contributed by atoms with van der Waals surface area (Å²) in [4.78, 5) is 21.5. The van der Waals surface area contributed by atoms with E-state index in [2.05, 4.69) is 4.90 Å². The molecule has 2 bridgehead atoms. The smallest absolute Gasteiger partial charge is 0.261 e. The number of hydrogen-bond acceptors (Lipinski definition) is 7. The first-order chi connectivity index (χ1) is 18.6. The van der Waals surface area contributed by atoms with Crippen molar-refractivity contribution in [3.63, 3.8) is 0 Å². The van der Waals surface area contributed by atoms with Gasteiger partial charge in [0.1, 0.15) is 5.82 Å². The van der Waals surface area contributed by atoms with Crippen molar-refractivity contribution in [2.45, 2.75) is 62.5 Å². The van der Waals surface area contributed by atoms with E-state index in [-0.39, 0.29) is 22.0 Å². The van der Waals surface area contributed by atoms with Gasteiger partial charge in [-0.15, -0.1) is 0 Å². The molecule has 4 aliphatic rings. The van der Waals surface area contributed by atoms with Crippen LogP contribution in [0.1, 0.15) is 41.8 Å². The fourth-order valence-electron chi connectivity index (χ4n) is 6.75. The van der Waals surface area contributed by atoms with Crippen molar-refractivity contribution in [2.75, 3.05) is 38.3 Å². The summed E-state index contributed by atoms with van der Waals surface area (Å²) in [7, 11) is -2.10. The molecule has 7 rings (SSSR count). The largest absolute Gasteiger partial charge is 0.382 e. The lowest BCUT2D eigenvalue weighted by atomic mass is 9.44. The average Bonchev–Trinajstić information content (AvgIpc) is 2.82. The predicted molar refractivity (Wildman–Crippen MR) is 150 cm³/mol. The van der Waals surface area contributed by atoms with Gasteiger partial charge < -0.3 is 14.4 Å². The van der Waals surface area contributed by atoms with Gasteiger partial charge in [0.05, 0.1) is 35.1 Å². The molecule has 0 radical (unpaired) electrons. The number of morpholine rings is 1. The Morgan fingerprint density at radius 3 is 2.49 bits per heavy atom. The van der Waals surface area contributed by atoms with Crippen LogP contribution >= 0.6 is 0 Å². The maximum absolute atomic E-state index is 13.9. The summed E-state index contributed by atoms with van der Waals surface area (Å²) >= 11 is 0. The normalized spacial score (nSPS) is 24.5. The van der Waals surface area contributed by atoms with Gasteiger partial charge in [0.2, 0.25) is 10.0 Å². The van der Waals surface area contributed by atoms with Gasteiger partial charge in [0.25, 0.3) is 5.56 Å². The second-order valence-electron chi connectivity index (χ2n) is 11.6. The summed E-state index contributed by atoms with van der Waals surface area (Å²) in [6, 6.07) is 9.19. The molecule has 3 saturated carbocycles. The Balaban J connectivity index is 1.35. The molecule has 10 heteroatoms. The SMILES string of the molecule is COC[C@H]1CN(c2ccc3c(=O)n(CCc4c(C)cc(S(N)(=O)=O)cc4C)c(C45CC(C4)C5)nc3c2)CCO1. The highest BCUT2D eigenvalue weighted by Gasteiger charge is 2.59. The highest BCUT2D eigenvalue weighted by atomic mass is 32.2. The molecular weight excluding hydrogens is 516 g/mol. The fraction of sp³-hybridized carbons (Fsp3) is 0.517. The number of nitrogens with two attached hydrogens (primary N) is 1. The van der Waals surface area contributed by atoms with Crippen molar-refractivity contribution in [2.24, 2.45) is 11.1 Å². The summed E-state index contributed by atoms with van der Waals surface area (Å²) in [5, 5.41) is 5.98. The molecule has 2 N–H and O–H groups in total. The molecule has 9 nitrogen and oxygen atoms in total. The van der Waals surface area contributed by atoms with Gasteiger partial charge >= 0.3 is 0 Å². The van der Waals surface area contributed by atoms with Crippen molar-refractivity contribution < 1.29 is 17.9 Å². The molecule has 1 aliphatic heterocycles. The van der Waals surface area contributed by atoms with Crippen LogP contribution in [-0.4, -0.2) is 57.5 Å². The van der Waals surface area contributed by atoms with Crippen LogP contribution < -0.4 is 15.6 Å². The van der Waals surface area contributed by atoms with Gasteiger partial charge in [0, 0.05) is 37.8 Å². The Labute approximate surface area is 229 Å². The third-order valence-corrected chi connectivity index (χ3v) is 9.78. The lowest BCUT2D eigenvalue weighted by Gasteiger charge is -2.61. The molecule has 2 aromatic carbocycles. The first-order valence-corrected chi connectivity index (χ1v) is 15.2. The van der Waals surface area contributed by atoms with Crippen LogP contribution in [0, 0.1) is 19.8 Å². The van der Waals surface area contributed by atoms with Gasteiger partial charge in [-0.25, -0.2) is 18.5 Å². The van der Waals surface area contributed by atoms with Gasteiger partial charge in [0.15, 0.2) is 0 Å². The van der Waals surface area contributed by atoms with E-state index in [9.17, 15) is 13.2 Å². The highest BCUT2D eigenvalue weighted by Crippen LogP contribution is 2.64. The van der Waals surface area contributed by atoms with E-state index >= 15 is 0 Å². The van der Waals surface area contributed by atoms with Crippen LogP contribution in [0.15, 0.2) is 40.0 Å². The van der Waals surface area contributed by atoms with Crippen LogP contribution in [0.5, 0.6) is 0 Å². The lowest BCUT2D eigenvalue weighted by Crippen LogP contribution is -2.58. The van der Waals surface area contributed by atoms with Gasteiger partial charge in [-0.1, -0.05) is 0 Å². The Bertz CT molecular complexity index is 1570. The van der Waals surface area contributed by atoms with Gasteiger partial charge in [-0.05, 0) is 92.5 Å². The van der Waals surface area contributed by atoms with Crippen molar-refractivity contribution in [1.29, 1.82) is 0 Å². The fourth-order valence-corrected chi connectivity index (χ4v) is 7.43. The van der Waals surface area contributed by atoms with Crippen LogP contribution in [0.3, 0.4) is 0 Å². The van der Waals surface area contributed by atoms with E-state index in [1.165, 1.54) is 0 Å². The summed E-state index contributed by atoms with van der Waals surface area (Å²) < 4.78 is 36.7. The highest BCUT2D eigenvalue weighted by molar-refractivity contribution is 7.89. The first-order valence-electron chi connectivity index (χ1n) is 13.6. The van der Waals surface area contributed by atoms with Crippen LogP contribution in [0.25, 0.3) is 10.9 Å². The second-order valence-corrected chi connectivity index (χ2v) is 13.1. The Hall–Kier alpha value is -2.79. The number of fused-ring (bicyclic) bond motifs is 1. The number of sulfonamides is 1. The number of aromatic nitrogens is 2. The molecule has 208 valence electrons. The van der Waals surface area contributed by atoms with Crippen LogP contribution in [0.4, 0.5) is 5.69 Å². The number of rotatable bonds is 8. The second kappa shape index (κ2) is 9.69. The minimum Gasteiger partial charge on any atom is -0.382 e. The average molecular weight is 553 g/mol. The zero-order valence-electron chi connectivity index (χ0n) is 22.8. The molecule has 39 heavy (non-hydrogen) atoms. The first kappa shape index (κ1) is 26.4. The molecule has 1 atom stereocenters. The molecule has 3 aromatic rings. The number of nitrogens with zero attached hydrogens (tertiary/aromatic N) is 3. The zero-order chi connectivity index (χ0) is 27.5. The number of methoxy groups -OCH3 is 1. The third kappa shape index (κ3) is 4.67. The maximum Gasteiger partial charge on any atom is 0.261 e. The van der Waals surface area contributed by atoms with E-state index in [0.717, 1.165) is 72.0 Å². The van der Waals surface area contributed by atoms with Crippen molar-refractivity contribution >= 4 is 26.6 Å². The predicted octanol–water partition coefficient (Wildman–Crippen LogP) is 2.81. The molecule has 0 amide bonds. The van der Waals surface area contributed by atoms with Crippen molar-refractivity contribution in [3.8, 4) is 0 Å². The van der Waals surface area contributed by atoms with E-state index < -0.39 is 10.0 Å². The summed E-state index contributed by atoms with van der Waals surface area (Å²) in [5.41, 5.74) is 4.52. The van der Waals surface area contributed by atoms with E-state index in [4.69, 9.17) is 19.6 Å². The third-order valence-electron chi connectivity index (χ3n) is 8.89.